The van der Waals surface area contributed by atoms with Gasteiger partial charge in [0.25, 0.3) is 0 Å². The van der Waals surface area contributed by atoms with Gasteiger partial charge in [0, 0.05) is 25.6 Å². The number of nitrogens with one attached hydrogen (secondary N) is 1. The third-order valence-electron chi connectivity index (χ3n) is 4.32. The Bertz CT molecular complexity index is 907. The maximum Gasteiger partial charge on any atom is 0.184 e. The molecule has 2 aromatic carbocycles. The Morgan fingerprint density at radius 1 is 1.15 bits per heavy atom. The number of H-pyrrole nitrogens is 1. The Balaban J connectivity index is 2.05. The second-order valence-electron chi connectivity index (χ2n) is 7.60. The molecule has 3 rings (SSSR count). The van der Waals surface area contributed by atoms with Crippen molar-refractivity contribution in [2.75, 3.05) is 12.3 Å². The van der Waals surface area contributed by atoms with Gasteiger partial charge in [-0.05, 0) is 17.7 Å². The zero-order valence-electron chi connectivity index (χ0n) is 15.1. The Labute approximate surface area is 152 Å². The minimum Gasteiger partial charge on any atom is -0.382 e. The fourth-order valence-corrected chi connectivity index (χ4v) is 3.53. The van der Waals surface area contributed by atoms with Crippen LogP contribution in [0.15, 0.2) is 36.4 Å². The van der Waals surface area contributed by atoms with E-state index in [0.717, 1.165) is 11.6 Å². The minimum absolute atomic E-state index is 0.0299. The van der Waals surface area contributed by atoms with E-state index in [2.05, 4.69) is 29.8 Å². The number of anilines is 1. The number of aromatic amines is 1. The summed E-state index contributed by atoms with van der Waals surface area (Å²) in [6, 6.07) is 11.7. The third-order valence-corrected chi connectivity index (χ3v) is 6.02. The van der Waals surface area contributed by atoms with Gasteiger partial charge in [-0.15, -0.1) is 0 Å². The van der Waals surface area contributed by atoms with Crippen molar-refractivity contribution in [3.63, 3.8) is 0 Å². The van der Waals surface area contributed by atoms with Gasteiger partial charge in [-0.25, -0.2) is 8.78 Å². The molecule has 26 heavy (non-hydrogen) atoms. The zero-order valence-corrected chi connectivity index (χ0v) is 16.1. The standard InChI is InChI=1S/C19H23F2N3OSi/c1-26(2,3)10-9-25-18(12-7-5-4-6-8-12)13-11-14-17(16(21)15(13)20)23-24-19(14)22/h4-8,11,18H,9-10H2,1-3H3,(H3,22,23,24). The van der Waals surface area contributed by atoms with Crippen LogP contribution in [0.3, 0.4) is 0 Å². The molecule has 0 fully saturated rings. The highest BCUT2D eigenvalue weighted by atomic mass is 28.3. The molecule has 0 spiro atoms. The fraction of sp³-hybridized carbons (Fsp3) is 0.316. The molecular weight excluding hydrogens is 352 g/mol. The summed E-state index contributed by atoms with van der Waals surface area (Å²) in [5.41, 5.74) is 6.66. The zero-order chi connectivity index (χ0) is 18.9. The fourth-order valence-electron chi connectivity index (χ4n) is 2.80. The highest BCUT2D eigenvalue weighted by molar-refractivity contribution is 6.76. The van der Waals surface area contributed by atoms with E-state index < -0.39 is 25.8 Å². The predicted octanol–water partition coefficient (Wildman–Crippen LogP) is 4.87. The summed E-state index contributed by atoms with van der Waals surface area (Å²) in [5, 5.41) is 6.57. The monoisotopic (exact) mass is 375 g/mol. The van der Waals surface area contributed by atoms with Gasteiger partial charge >= 0.3 is 0 Å². The van der Waals surface area contributed by atoms with Crippen LogP contribution < -0.4 is 5.73 Å². The van der Waals surface area contributed by atoms with E-state index in [1.54, 1.807) is 0 Å². The molecule has 0 saturated carbocycles. The number of halogens is 2. The topological polar surface area (TPSA) is 63.9 Å². The highest BCUT2D eigenvalue weighted by Gasteiger charge is 2.25. The van der Waals surface area contributed by atoms with E-state index in [0.29, 0.717) is 12.0 Å². The molecule has 0 aliphatic rings. The normalized spacial score (nSPS) is 13.3. The van der Waals surface area contributed by atoms with Crippen molar-refractivity contribution in [1.29, 1.82) is 0 Å². The van der Waals surface area contributed by atoms with Crippen LogP contribution in [0.2, 0.25) is 25.7 Å². The van der Waals surface area contributed by atoms with E-state index in [9.17, 15) is 8.78 Å². The van der Waals surface area contributed by atoms with E-state index in [4.69, 9.17) is 10.5 Å². The molecule has 4 nitrogen and oxygen atoms in total. The molecule has 1 aromatic heterocycles. The van der Waals surface area contributed by atoms with Crippen molar-refractivity contribution in [2.24, 2.45) is 0 Å². The Morgan fingerprint density at radius 2 is 1.85 bits per heavy atom. The Kier molecular flexibility index (Phi) is 5.11. The summed E-state index contributed by atoms with van der Waals surface area (Å²) in [4.78, 5) is 0. The van der Waals surface area contributed by atoms with Crippen LogP contribution in [-0.4, -0.2) is 24.9 Å². The van der Waals surface area contributed by atoms with Gasteiger partial charge < -0.3 is 10.5 Å². The van der Waals surface area contributed by atoms with Gasteiger partial charge in [0.2, 0.25) is 0 Å². The van der Waals surface area contributed by atoms with Gasteiger partial charge in [-0.2, -0.15) is 5.10 Å². The van der Waals surface area contributed by atoms with Crippen molar-refractivity contribution < 1.29 is 13.5 Å². The molecule has 1 atom stereocenters. The van der Waals surface area contributed by atoms with Crippen LogP contribution in [0.25, 0.3) is 10.9 Å². The van der Waals surface area contributed by atoms with E-state index in [1.165, 1.54) is 6.07 Å². The number of nitrogen functional groups attached to an aromatic ring is 1. The van der Waals surface area contributed by atoms with E-state index in [-0.39, 0.29) is 16.9 Å². The molecule has 1 unspecified atom stereocenters. The van der Waals surface area contributed by atoms with Crippen LogP contribution in [0.1, 0.15) is 17.2 Å². The van der Waals surface area contributed by atoms with E-state index >= 15 is 0 Å². The second-order valence-corrected chi connectivity index (χ2v) is 13.2. The number of fused-ring (bicyclic) bond motifs is 1. The second kappa shape index (κ2) is 7.17. The molecule has 0 radical (unpaired) electrons. The first-order valence-electron chi connectivity index (χ1n) is 8.56. The Hall–Kier alpha value is -2.25. The number of hydrogen-bond acceptors (Lipinski definition) is 3. The van der Waals surface area contributed by atoms with Gasteiger partial charge in [0.05, 0.1) is 0 Å². The number of nitrogens with two attached hydrogens (primary N) is 1. The molecule has 0 saturated heterocycles. The number of hydrogen-bond donors (Lipinski definition) is 2. The lowest BCUT2D eigenvalue weighted by Crippen LogP contribution is -2.22. The number of nitrogens with zero attached hydrogens (tertiary/aromatic N) is 1. The first-order chi connectivity index (χ1) is 12.3. The van der Waals surface area contributed by atoms with Crippen molar-refractivity contribution in [2.45, 2.75) is 31.8 Å². The summed E-state index contributed by atoms with van der Waals surface area (Å²) < 4.78 is 35.4. The van der Waals surface area contributed by atoms with Crippen LogP contribution in [-0.2, 0) is 4.74 Å². The number of rotatable bonds is 6. The quantitative estimate of drug-likeness (QED) is 0.604. The summed E-state index contributed by atoms with van der Waals surface area (Å²) in [6.07, 6.45) is -0.708. The molecule has 0 aliphatic heterocycles. The molecular formula is C19H23F2N3OSi. The summed E-state index contributed by atoms with van der Waals surface area (Å²) >= 11 is 0. The van der Waals surface area contributed by atoms with Crippen LogP contribution >= 0.6 is 0 Å². The van der Waals surface area contributed by atoms with Gasteiger partial charge in [0.1, 0.15) is 11.6 Å². The lowest BCUT2D eigenvalue weighted by Gasteiger charge is -2.22. The first-order valence-corrected chi connectivity index (χ1v) is 12.3. The van der Waals surface area contributed by atoms with E-state index in [1.807, 2.05) is 30.3 Å². The van der Waals surface area contributed by atoms with Crippen LogP contribution in [0.5, 0.6) is 0 Å². The molecule has 0 bridgehead atoms. The molecule has 3 N–H and O–H groups in total. The first kappa shape index (κ1) is 18.5. The lowest BCUT2D eigenvalue weighted by molar-refractivity contribution is 0.0877. The molecule has 3 aromatic rings. The van der Waals surface area contributed by atoms with Crippen LogP contribution in [0, 0.1) is 11.6 Å². The molecule has 0 amide bonds. The van der Waals surface area contributed by atoms with Crippen molar-refractivity contribution in [3.8, 4) is 0 Å². The molecule has 7 heteroatoms. The molecule has 1 heterocycles. The highest BCUT2D eigenvalue weighted by Crippen LogP contribution is 2.34. The maximum absolute atomic E-state index is 14.8. The number of benzene rings is 2. The molecule has 0 aliphatic carbocycles. The number of aromatic nitrogens is 2. The summed E-state index contributed by atoms with van der Waals surface area (Å²) in [5.74, 6) is -1.80. The van der Waals surface area contributed by atoms with Crippen LogP contribution in [0.4, 0.5) is 14.6 Å². The minimum atomic E-state index is -1.32. The largest absolute Gasteiger partial charge is 0.382 e. The smallest absolute Gasteiger partial charge is 0.184 e. The Morgan fingerprint density at radius 3 is 2.50 bits per heavy atom. The molecule has 138 valence electrons. The van der Waals surface area contributed by atoms with Crippen molar-refractivity contribution in [1.82, 2.24) is 10.2 Å². The maximum atomic E-state index is 14.8. The third kappa shape index (κ3) is 3.78. The average Bonchev–Trinajstić information content (AvgIpc) is 2.96. The number of ether oxygens (including phenoxy) is 1. The van der Waals surface area contributed by atoms with Gasteiger partial charge in [-0.1, -0.05) is 50.0 Å². The summed E-state index contributed by atoms with van der Waals surface area (Å²) in [6.45, 7) is 7.21. The SMILES string of the molecule is C[Si](C)(C)CCOC(c1ccccc1)c1cc2c(N)n[nH]c2c(F)c1F. The lowest BCUT2D eigenvalue weighted by atomic mass is 9.99. The van der Waals surface area contributed by atoms with Gasteiger partial charge in [-0.3, -0.25) is 5.10 Å². The van der Waals surface area contributed by atoms with Gasteiger partial charge in [0.15, 0.2) is 17.5 Å². The summed E-state index contributed by atoms with van der Waals surface area (Å²) in [7, 11) is -1.32. The average molecular weight is 375 g/mol. The van der Waals surface area contributed by atoms with Crippen molar-refractivity contribution in [3.05, 3.63) is 59.2 Å². The predicted molar refractivity (Wildman–Crippen MR) is 103 cm³/mol. The van der Waals surface area contributed by atoms with Crippen molar-refractivity contribution >= 4 is 24.8 Å².